The molecule has 0 unspecified atom stereocenters. The number of halogens is 2. The van der Waals surface area contributed by atoms with Gasteiger partial charge in [-0.25, -0.2) is 13.8 Å². The minimum Gasteiger partial charge on any atom is -0.463 e. The first kappa shape index (κ1) is 12.5. The molecule has 0 saturated heterocycles. The average molecular weight is 257 g/mol. The van der Waals surface area contributed by atoms with Crippen LogP contribution >= 0.6 is 0 Å². The van der Waals surface area contributed by atoms with Crippen LogP contribution in [0.25, 0.3) is 11.2 Å². The Labute approximate surface area is 102 Å². The summed E-state index contributed by atoms with van der Waals surface area (Å²) in [6.07, 6.45) is -0.886. The number of hydrogen-bond donors (Lipinski definition) is 2. The summed E-state index contributed by atoms with van der Waals surface area (Å²) in [5.74, 6) is -0.428. The van der Waals surface area contributed by atoms with Crippen molar-refractivity contribution < 1.29 is 13.5 Å². The molecule has 2 heterocycles. The van der Waals surface area contributed by atoms with Crippen molar-refractivity contribution in [1.82, 2.24) is 19.9 Å². The third kappa shape index (κ3) is 2.47. The topological polar surface area (TPSA) is 89.7 Å². The van der Waals surface area contributed by atoms with Gasteiger partial charge in [-0.15, -0.1) is 0 Å². The zero-order chi connectivity index (χ0) is 13.1. The Bertz CT molecular complexity index is 542. The molecule has 98 valence electrons. The van der Waals surface area contributed by atoms with Gasteiger partial charge in [0.1, 0.15) is 5.52 Å². The molecule has 0 bridgehead atoms. The highest BCUT2D eigenvalue weighted by molar-refractivity contribution is 5.81. The van der Waals surface area contributed by atoms with Crippen molar-refractivity contribution >= 4 is 17.0 Å². The second-order valence-electron chi connectivity index (χ2n) is 3.71. The molecule has 0 aliphatic heterocycles. The lowest BCUT2D eigenvalue weighted by atomic mass is 10.4. The highest BCUT2D eigenvalue weighted by Gasteiger charge is 2.16. The van der Waals surface area contributed by atoms with Crippen molar-refractivity contribution in [2.75, 3.05) is 12.3 Å². The summed E-state index contributed by atoms with van der Waals surface area (Å²) in [6.45, 7) is 2.47. The summed E-state index contributed by atoms with van der Waals surface area (Å²) in [7, 11) is 0. The van der Waals surface area contributed by atoms with Gasteiger partial charge in [0.2, 0.25) is 0 Å². The number of aromatic amines is 1. The fraction of sp³-hybridized carbons (Fsp3) is 0.500. The van der Waals surface area contributed by atoms with Crippen LogP contribution in [0.3, 0.4) is 0 Å². The van der Waals surface area contributed by atoms with Crippen LogP contribution in [-0.2, 0) is 0 Å². The first-order valence-corrected chi connectivity index (χ1v) is 5.56. The zero-order valence-corrected chi connectivity index (χ0v) is 9.78. The molecule has 0 amide bonds. The fourth-order valence-electron chi connectivity index (χ4n) is 1.39. The molecule has 3 N–H and O–H groups in total. The van der Waals surface area contributed by atoms with Gasteiger partial charge in [0, 0.05) is 0 Å². The van der Waals surface area contributed by atoms with E-state index in [1.165, 1.54) is 0 Å². The van der Waals surface area contributed by atoms with Gasteiger partial charge in [0.25, 0.3) is 6.43 Å². The molecule has 0 aromatic carbocycles. The van der Waals surface area contributed by atoms with Crippen molar-refractivity contribution in [2.45, 2.75) is 26.2 Å². The van der Waals surface area contributed by atoms with Crippen molar-refractivity contribution in [3.63, 3.8) is 0 Å². The molecule has 2 rings (SSSR count). The summed E-state index contributed by atoms with van der Waals surface area (Å²) in [5, 5.41) is 0. The number of aromatic nitrogens is 4. The van der Waals surface area contributed by atoms with Crippen LogP contribution in [0.4, 0.5) is 14.6 Å². The molecule has 18 heavy (non-hydrogen) atoms. The van der Waals surface area contributed by atoms with Gasteiger partial charge < -0.3 is 15.5 Å². The van der Waals surface area contributed by atoms with Gasteiger partial charge in [-0.1, -0.05) is 13.3 Å². The van der Waals surface area contributed by atoms with Crippen molar-refractivity contribution in [3.8, 4) is 6.01 Å². The number of nitrogens with zero attached hydrogens (tertiary/aromatic N) is 3. The number of alkyl halides is 2. The smallest absolute Gasteiger partial charge is 0.320 e. The number of ether oxygens (including phenoxy) is 1. The van der Waals surface area contributed by atoms with E-state index in [9.17, 15) is 8.78 Å². The van der Waals surface area contributed by atoms with Crippen LogP contribution in [-0.4, -0.2) is 26.5 Å². The van der Waals surface area contributed by atoms with E-state index >= 15 is 0 Å². The molecule has 0 spiro atoms. The first-order chi connectivity index (χ1) is 8.61. The lowest BCUT2D eigenvalue weighted by molar-refractivity contribution is 0.142. The second kappa shape index (κ2) is 5.11. The lowest BCUT2D eigenvalue weighted by Crippen LogP contribution is -2.03. The third-order valence-corrected chi connectivity index (χ3v) is 2.31. The maximum absolute atomic E-state index is 12.5. The summed E-state index contributed by atoms with van der Waals surface area (Å²) in [5.41, 5.74) is 5.92. The van der Waals surface area contributed by atoms with Gasteiger partial charge in [0.05, 0.1) is 6.61 Å². The average Bonchev–Trinajstić information content (AvgIpc) is 2.74. The van der Waals surface area contributed by atoms with Gasteiger partial charge >= 0.3 is 6.01 Å². The second-order valence-corrected chi connectivity index (χ2v) is 3.71. The number of imidazole rings is 1. The molecule has 2 aromatic rings. The molecular formula is C10H13F2N5O. The molecule has 0 saturated carbocycles. The Hall–Kier alpha value is -1.99. The van der Waals surface area contributed by atoms with Gasteiger partial charge in [-0.3, -0.25) is 0 Å². The minimum atomic E-state index is -2.71. The molecule has 6 nitrogen and oxygen atoms in total. The van der Waals surface area contributed by atoms with E-state index in [1.807, 2.05) is 6.92 Å². The number of nitrogens with two attached hydrogens (primary N) is 1. The maximum Gasteiger partial charge on any atom is 0.320 e. The van der Waals surface area contributed by atoms with Crippen LogP contribution in [0.5, 0.6) is 6.01 Å². The molecule has 2 aromatic heterocycles. The number of H-pyrrole nitrogens is 1. The predicted molar refractivity (Wildman–Crippen MR) is 61.5 cm³/mol. The van der Waals surface area contributed by atoms with Crippen LogP contribution in [0.1, 0.15) is 32.0 Å². The van der Waals surface area contributed by atoms with Crippen LogP contribution in [0.2, 0.25) is 0 Å². The van der Waals surface area contributed by atoms with Crippen LogP contribution in [0, 0.1) is 0 Å². The summed E-state index contributed by atoms with van der Waals surface area (Å²) in [4.78, 5) is 13.8. The van der Waals surface area contributed by atoms with Crippen LogP contribution in [0.15, 0.2) is 0 Å². The molecule has 0 atom stereocenters. The largest absolute Gasteiger partial charge is 0.463 e. The number of nitrogen functional groups attached to an aromatic ring is 1. The Balaban J connectivity index is 2.30. The van der Waals surface area contributed by atoms with E-state index < -0.39 is 12.2 Å². The molecule has 0 fully saturated rings. The van der Waals surface area contributed by atoms with Gasteiger partial charge in [0.15, 0.2) is 17.3 Å². The van der Waals surface area contributed by atoms with Gasteiger partial charge in [-0.05, 0) is 6.42 Å². The van der Waals surface area contributed by atoms with Crippen molar-refractivity contribution in [3.05, 3.63) is 5.82 Å². The number of hydrogen-bond acceptors (Lipinski definition) is 5. The Morgan fingerprint density at radius 3 is 2.78 bits per heavy atom. The first-order valence-electron chi connectivity index (χ1n) is 5.56. The third-order valence-electron chi connectivity index (χ3n) is 2.31. The Kier molecular flexibility index (Phi) is 3.54. The van der Waals surface area contributed by atoms with E-state index in [1.54, 1.807) is 0 Å². The monoisotopic (exact) mass is 257 g/mol. The summed E-state index contributed by atoms with van der Waals surface area (Å²) < 4.78 is 30.2. The normalized spacial score (nSPS) is 11.3. The highest BCUT2D eigenvalue weighted by Crippen LogP contribution is 2.23. The zero-order valence-electron chi connectivity index (χ0n) is 9.78. The number of nitrogens with one attached hydrogen (secondary N) is 1. The molecule has 0 radical (unpaired) electrons. The predicted octanol–water partition coefficient (Wildman–Crippen LogP) is 2.05. The number of rotatable bonds is 5. The van der Waals surface area contributed by atoms with E-state index in [-0.39, 0.29) is 23.0 Å². The summed E-state index contributed by atoms with van der Waals surface area (Å²) in [6, 6.07) is 0.0563. The number of unbranched alkanes of at least 4 members (excludes halogenated alkanes) is 1. The summed E-state index contributed by atoms with van der Waals surface area (Å²) >= 11 is 0. The Morgan fingerprint density at radius 1 is 1.33 bits per heavy atom. The lowest BCUT2D eigenvalue weighted by Gasteiger charge is -2.03. The van der Waals surface area contributed by atoms with Gasteiger partial charge in [-0.2, -0.15) is 9.97 Å². The quantitative estimate of drug-likeness (QED) is 0.800. The molecule has 0 aliphatic carbocycles. The fourth-order valence-corrected chi connectivity index (χ4v) is 1.39. The van der Waals surface area contributed by atoms with Crippen molar-refractivity contribution in [1.29, 1.82) is 0 Å². The number of anilines is 1. The molecule has 0 aliphatic rings. The Morgan fingerprint density at radius 2 is 2.11 bits per heavy atom. The molecular weight excluding hydrogens is 244 g/mol. The van der Waals surface area contributed by atoms with E-state index in [0.717, 1.165) is 12.8 Å². The SMILES string of the molecule is CCCCOc1nc(N)c2[nH]c(C(F)F)nc2n1. The van der Waals surface area contributed by atoms with Crippen LogP contribution < -0.4 is 10.5 Å². The van der Waals surface area contributed by atoms with Crippen molar-refractivity contribution in [2.24, 2.45) is 0 Å². The standard InChI is InChI=1S/C10H13F2N5O/c1-2-3-4-18-10-15-7(13)5-8(17-10)16-9(14-5)6(11)12/h6H,2-4H2,1H3,(H3,13,14,15,16,17). The maximum atomic E-state index is 12.5. The van der Waals surface area contributed by atoms with E-state index in [0.29, 0.717) is 6.61 Å². The van der Waals surface area contributed by atoms with E-state index in [2.05, 4.69) is 19.9 Å². The van der Waals surface area contributed by atoms with E-state index in [4.69, 9.17) is 10.5 Å². The number of fused-ring (bicyclic) bond motifs is 1. The minimum absolute atomic E-state index is 0.0471. The highest BCUT2D eigenvalue weighted by atomic mass is 19.3. The molecule has 8 heteroatoms.